The van der Waals surface area contributed by atoms with E-state index < -0.39 is 6.04 Å². The average Bonchev–Trinajstić information content (AvgIpc) is 3.48. The highest BCUT2D eigenvalue weighted by Gasteiger charge is 2.30. The highest BCUT2D eigenvalue weighted by Crippen LogP contribution is 2.28. The number of amides is 2. The number of hydrogen-bond acceptors (Lipinski definition) is 6. The van der Waals surface area contributed by atoms with Gasteiger partial charge in [0.1, 0.15) is 6.04 Å². The maximum Gasteiger partial charge on any atom is 0.245 e. The van der Waals surface area contributed by atoms with Crippen molar-refractivity contribution in [3.8, 4) is 0 Å². The number of anilines is 2. The minimum Gasteiger partial charge on any atom is -0.368 e. The Morgan fingerprint density at radius 1 is 1.05 bits per heavy atom. The second kappa shape index (κ2) is 14.0. The molecule has 2 heterocycles. The van der Waals surface area contributed by atoms with E-state index >= 15 is 0 Å². The van der Waals surface area contributed by atoms with E-state index in [0.717, 1.165) is 18.7 Å². The molecule has 0 radical (unpaired) electrons. The number of piperazine rings is 1. The minimum atomic E-state index is -0.731. The molecule has 0 aliphatic carbocycles. The molecule has 2 aromatic carbocycles. The number of carbonyl (C=O) groups is 2. The zero-order valence-electron chi connectivity index (χ0n) is 22.1. The van der Waals surface area contributed by atoms with Gasteiger partial charge in [-0.15, -0.1) is 11.3 Å². The molecule has 3 N–H and O–H groups in total. The van der Waals surface area contributed by atoms with Crippen LogP contribution in [0, 0.1) is 0 Å². The summed E-state index contributed by atoms with van der Waals surface area (Å²) in [5.41, 5.74) is 8.78. The summed E-state index contributed by atoms with van der Waals surface area (Å²) in [5.74, 6) is -0.367. The zero-order valence-corrected chi connectivity index (χ0v) is 24.4. The lowest BCUT2D eigenvalue weighted by Gasteiger charge is -2.39. The summed E-state index contributed by atoms with van der Waals surface area (Å²) in [6.45, 7) is 6.68. The van der Waals surface area contributed by atoms with Crippen molar-refractivity contribution in [2.45, 2.75) is 32.4 Å². The molecule has 1 fully saturated rings. The number of nitrogens with two attached hydrogens (primary N) is 1. The molecular formula is C29H35Cl2N5O2S. The number of nitrogens with zero attached hydrogens (tertiary/aromatic N) is 3. The van der Waals surface area contributed by atoms with Crippen LogP contribution >= 0.6 is 34.5 Å². The van der Waals surface area contributed by atoms with Gasteiger partial charge in [0.2, 0.25) is 11.8 Å². The van der Waals surface area contributed by atoms with Crippen molar-refractivity contribution >= 4 is 57.0 Å². The normalized spacial score (nSPS) is 14.3. The highest BCUT2D eigenvalue weighted by atomic mass is 35.5. The molecule has 1 aliphatic heterocycles. The Kier molecular flexibility index (Phi) is 10.5. The molecule has 7 nitrogen and oxygen atoms in total. The minimum absolute atomic E-state index is 0.117. The van der Waals surface area contributed by atoms with Crippen LogP contribution in [0.4, 0.5) is 10.7 Å². The third-order valence-corrected chi connectivity index (χ3v) is 8.44. The third kappa shape index (κ3) is 7.66. The number of para-hydroxylation sites is 1. The fourth-order valence-corrected chi connectivity index (χ4v) is 6.13. The van der Waals surface area contributed by atoms with Crippen LogP contribution in [-0.4, -0.2) is 62.0 Å². The first kappa shape index (κ1) is 29.2. The van der Waals surface area contributed by atoms with E-state index in [4.69, 9.17) is 28.9 Å². The van der Waals surface area contributed by atoms with Crippen LogP contribution in [0.3, 0.4) is 0 Å². The van der Waals surface area contributed by atoms with Gasteiger partial charge in [0, 0.05) is 74.4 Å². The summed E-state index contributed by atoms with van der Waals surface area (Å²) in [7, 11) is 0. The first-order valence-corrected chi connectivity index (χ1v) is 14.9. The second-order valence-corrected chi connectivity index (χ2v) is 11.3. The molecule has 0 bridgehead atoms. The number of rotatable bonds is 11. The fourth-order valence-electron chi connectivity index (χ4n) is 4.85. The molecule has 0 spiro atoms. The van der Waals surface area contributed by atoms with Crippen molar-refractivity contribution < 1.29 is 9.59 Å². The Bertz CT molecular complexity index is 1250. The molecule has 1 aliphatic rings. The van der Waals surface area contributed by atoms with Gasteiger partial charge in [-0.3, -0.25) is 9.59 Å². The van der Waals surface area contributed by atoms with Gasteiger partial charge in [-0.1, -0.05) is 47.5 Å². The van der Waals surface area contributed by atoms with Gasteiger partial charge in [-0.05, 0) is 53.8 Å². The predicted octanol–water partition coefficient (Wildman–Crippen LogP) is 4.81. The molecule has 208 valence electrons. The third-order valence-electron chi connectivity index (χ3n) is 6.93. The topological polar surface area (TPSA) is 81.9 Å². The van der Waals surface area contributed by atoms with Crippen molar-refractivity contribution in [3.05, 3.63) is 81.1 Å². The molecule has 1 unspecified atom stereocenters. The van der Waals surface area contributed by atoms with Gasteiger partial charge in [0.25, 0.3) is 0 Å². The van der Waals surface area contributed by atoms with Gasteiger partial charge in [-0.25, -0.2) is 0 Å². The fraction of sp³-hybridized carbons (Fsp3) is 0.379. The number of thiophene rings is 1. The summed E-state index contributed by atoms with van der Waals surface area (Å²) in [6.07, 6.45) is 0.437. The van der Waals surface area contributed by atoms with Crippen LogP contribution < -0.4 is 20.9 Å². The van der Waals surface area contributed by atoms with E-state index in [2.05, 4.69) is 63.8 Å². The van der Waals surface area contributed by atoms with Crippen LogP contribution in [0.15, 0.2) is 60.0 Å². The number of hydrogen-bond donors (Lipinski definition) is 2. The summed E-state index contributed by atoms with van der Waals surface area (Å²) in [5, 5.41) is 7.23. The maximum absolute atomic E-state index is 13.6. The van der Waals surface area contributed by atoms with Gasteiger partial charge in [0.15, 0.2) is 0 Å². The van der Waals surface area contributed by atoms with Crippen LogP contribution in [-0.2, 0) is 22.6 Å². The molecule has 39 heavy (non-hydrogen) atoms. The number of benzene rings is 2. The Morgan fingerprint density at radius 3 is 2.49 bits per heavy atom. The lowest BCUT2D eigenvalue weighted by atomic mass is 10.0. The van der Waals surface area contributed by atoms with Crippen LogP contribution in [0.1, 0.15) is 24.5 Å². The smallest absolute Gasteiger partial charge is 0.245 e. The van der Waals surface area contributed by atoms with Crippen molar-refractivity contribution in [1.82, 2.24) is 10.2 Å². The molecular weight excluding hydrogens is 553 g/mol. The summed E-state index contributed by atoms with van der Waals surface area (Å²) < 4.78 is 0. The van der Waals surface area contributed by atoms with Crippen LogP contribution in [0.5, 0.6) is 0 Å². The molecule has 3 aromatic rings. The quantitative estimate of drug-likeness (QED) is 0.336. The molecule has 1 saturated heterocycles. The van der Waals surface area contributed by atoms with E-state index in [1.807, 2.05) is 4.90 Å². The number of carbonyl (C=O) groups excluding carboxylic acids is 2. The highest BCUT2D eigenvalue weighted by molar-refractivity contribution is 7.14. The molecule has 1 atom stereocenters. The van der Waals surface area contributed by atoms with Crippen molar-refractivity contribution in [1.29, 1.82) is 0 Å². The summed E-state index contributed by atoms with van der Waals surface area (Å²) in [6, 6.07) is 17.2. The van der Waals surface area contributed by atoms with E-state index in [-0.39, 0.29) is 31.2 Å². The van der Waals surface area contributed by atoms with Crippen LogP contribution in [0.25, 0.3) is 0 Å². The number of halogens is 2. The van der Waals surface area contributed by atoms with E-state index in [0.29, 0.717) is 36.2 Å². The zero-order chi connectivity index (χ0) is 27.8. The molecule has 0 saturated carbocycles. The Hall–Kier alpha value is -2.78. The van der Waals surface area contributed by atoms with Gasteiger partial charge >= 0.3 is 0 Å². The SMILES string of the molecule is CCN(Cc1ccccc1N1CCN(C(=O)C(Cc2ccc(Cl)cc2Cl)NC(=O)CCN)CC1)c1cccs1. The average molecular weight is 589 g/mol. The Balaban J connectivity index is 1.44. The van der Waals surface area contributed by atoms with E-state index in [1.165, 1.54) is 16.3 Å². The molecule has 10 heteroatoms. The van der Waals surface area contributed by atoms with Gasteiger partial charge in [-0.2, -0.15) is 0 Å². The molecule has 2 amide bonds. The first-order chi connectivity index (χ1) is 18.9. The Labute approximate surface area is 244 Å². The number of nitrogens with one attached hydrogen (secondary N) is 1. The lowest BCUT2D eigenvalue weighted by molar-refractivity contribution is -0.136. The monoisotopic (exact) mass is 587 g/mol. The van der Waals surface area contributed by atoms with E-state index in [1.54, 1.807) is 29.5 Å². The summed E-state index contributed by atoms with van der Waals surface area (Å²) in [4.78, 5) is 32.6. The largest absolute Gasteiger partial charge is 0.368 e. The molecule has 1 aromatic heterocycles. The Morgan fingerprint density at radius 2 is 1.82 bits per heavy atom. The van der Waals surface area contributed by atoms with Gasteiger partial charge < -0.3 is 25.8 Å². The molecule has 4 rings (SSSR count). The standard InChI is InChI=1S/C29H35Cl2N5O2S/c1-2-34(28-8-5-17-39-28)20-22-6-3-4-7-26(22)35-13-15-36(16-14-35)29(38)25(33-27(37)11-12-32)18-21-9-10-23(30)19-24(21)31/h3-10,17,19,25H,2,11-16,18,20,32H2,1H3,(H,33,37). The summed E-state index contributed by atoms with van der Waals surface area (Å²) >= 11 is 14.2. The predicted molar refractivity (Wildman–Crippen MR) is 162 cm³/mol. The van der Waals surface area contributed by atoms with Crippen molar-refractivity contribution in [2.24, 2.45) is 5.73 Å². The van der Waals surface area contributed by atoms with Crippen molar-refractivity contribution in [2.75, 3.05) is 49.1 Å². The first-order valence-electron chi connectivity index (χ1n) is 13.2. The van der Waals surface area contributed by atoms with Crippen LogP contribution in [0.2, 0.25) is 10.0 Å². The maximum atomic E-state index is 13.6. The second-order valence-electron chi connectivity index (χ2n) is 9.51. The van der Waals surface area contributed by atoms with Gasteiger partial charge in [0.05, 0.1) is 5.00 Å². The lowest BCUT2D eigenvalue weighted by Crippen LogP contribution is -2.56. The van der Waals surface area contributed by atoms with E-state index in [9.17, 15) is 9.59 Å². The van der Waals surface area contributed by atoms with Crippen molar-refractivity contribution in [3.63, 3.8) is 0 Å².